The summed E-state index contributed by atoms with van der Waals surface area (Å²) in [6.07, 6.45) is 3.59. The van der Waals surface area contributed by atoms with Gasteiger partial charge in [-0.15, -0.1) is 0 Å². The normalized spacial score (nSPS) is 14.6. The van der Waals surface area contributed by atoms with E-state index in [-0.39, 0.29) is 6.09 Å². The molecular formula is C25H25Cl2N7O3. The number of hydrogen-bond acceptors (Lipinski definition) is 8. The van der Waals surface area contributed by atoms with E-state index in [0.29, 0.717) is 54.1 Å². The van der Waals surface area contributed by atoms with Crippen molar-refractivity contribution in [1.29, 1.82) is 0 Å². The second kappa shape index (κ2) is 10.8. The Morgan fingerprint density at radius 2 is 1.86 bits per heavy atom. The van der Waals surface area contributed by atoms with Crippen LogP contribution in [0.15, 0.2) is 48.9 Å². The number of carbonyl (C=O) groups excluding carboxylic acids is 1. The number of anilines is 1. The molecule has 0 saturated carbocycles. The third-order valence-corrected chi connectivity index (χ3v) is 6.73. The molecule has 1 amide bonds. The van der Waals surface area contributed by atoms with Crippen molar-refractivity contribution in [2.75, 3.05) is 37.7 Å². The molecule has 192 valence electrons. The highest BCUT2D eigenvalue weighted by Crippen LogP contribution is 2.33. The predicted molar refractivity (Wildman–Crippen MR) is 142 cm³/mol. The predicted octanol–water partition coefficient (Wildman–Crippen LogP) is 4.64. The van der Waals surface area contributed by atoms with Crippen LogP contribution < -0.4 is 15.4 Å². The third kappa shape index (κ3) is 5.27. The van der Waals surface area contributed by atoms with E-state index in [1.54, 1.807) is 24.1 Å². The fourth-order valence-electron chi connectivity index (χ4n) is 4.23. The number of nitrogens with zero attached hydrogens (tertiary/aromatic N) is 5. The summed E-state index contributed by atoms with van der Waals surface area (Å²) in [6.45, 7) is 4.73. The first-order valence-corrected chi connectivity index (χ1v) is 12.5. The monoisotopic (exact) mass is 541 g/mol. The first-order valence-electron chi connectivity index (χ1n) is 11.8. The lowest BCUT2D eigenvalue weighted by Crippen LogP contribution is -2.49. The molecule has 0 aliphatic carbocycles. The van der Waals surface area contributed by atoms with Crippen LogP contribution in [0.25, 0.3) is 22.2 Å². The maximum Gasteiger partial charge on any atom is 0.409 e. The molecule has 1 atom stereocenters. The molecule has 0 radical (unpaired) electrons. The Hall–Kier alpha value is -3.60. The van der Waals surface area contributed by atoms with Crippen molar-refractivity contribution in [1.82, 2.24) is 25.1 Å². The quantitative estimate of drug-likeness (QED) is 0.338. The van der Waals surface area contributed by atoms with Crippen LogP contribution >= 0.6 is 23.2 Å². The molecule has 4 heterocycles. The van der Waals surface area contributed by atoms with Crippen molar-refractivity contribution >= 4 is 46.0 Å². The van der Waals surface area contributed by atoms with Crippen molar-refractivity contribution in [3.05, 3.63) is 64.5 Å². The van der Waals surface area contributed by atoms with Gasteiger partial charge in [-0.2, -0.15) is 5.10 Å². The number of amides is 1. The van der Waals surface area contributed by atoms with Crippen LogP contribution in [0.4, 0.5) is 10.6 Å². The zero-order valence-corrected chi connectivity index (χ0v) is 21.5. The van der Waals surface area contributed by atoms with Crippen LogP contribution in [0.2, 0.25) is 10.0 Å². The Balaban J connectivity index is 1.31. The number of fused-ring (bicyclic) bond motifs is 1. The maximum absolute atomic E-state index is 11.9. The molecule has 4 aromatic rings. The van der Waals surface area contributed by atoms with Crippen molar-refractivity contribution in [2.45, 2.75) is 13.2 Å². The molecule has 1 saturated heterocycles. The van der Waals surface area contributed by atoms with E-state index in [2.05, 4.69) is 25.1 Å². The Morgan fingerprint density at radius 1 is 1.11 bits per heavy atom. The first-order chi connectivity index (χ1) is 17.9. The van der Waals surface area contributed by atoms with Gasteiger partial charge in [0.15, 0.2) is 6.23 Å². The average Bonchev–Trinajstić information content (AvgIpc) is 3.32. The van der Waals surface area contributed by atoms with Gasteiger partial charge in [-0.05, 0) is 37.3 Å². The third-order valence-electron chi connectivity index (χ3n) is 6.12. The van der Waals surface area contributed by atoms with Crippen LogP contribution in [-0.2, 0) is 4.74 Å². The Labute approximate surface area is 223 Å². The van der Waals surface area contributed by atoms with E-state index in [1.807, 2.05) is 24.3 Å². The second-order valence-corrected chi connectivity index (χ2v) is 9.23. The zero-order chi connectivity index (χ0) is 25.9. The van der Waals surface area contributed by atoms with E-state index < -0.39 is 6.23 Å². The molecule has 37 heavy (non-hydrogen) atoms. The number of aromatic nitrogens is 4. The van der Waals surface area contributed by atoms with Gasteiger partial charge in [-0.3, -0.25) is 15.8 Å². The number of nitrogens with one attached hydrogen (secondary N) is 1. The van der Waals surface area contributed by atoms with Gasteiger partial charge in [0, 0.05) is 61.3 Å². The lowest BCUT2D eigenvalue weighted by Gasteiger charge is -2.34. The summed E-state index contributed by atoms with van der Waals surface area (Å²) in [6, 6.07) is 9.46. The first kappa shape index (κ1) is 25.1. The Bertz CT molecular complexity index is 1390. The molecule has 0 spiro atoms. The van der Waals surface area contributed by atoms with Crippen LogP contribution in [0.5, 0.6) is 5.75 Å². The van der Waals surface area contributed by atoms with Crippen LogP contribution in [0, 0.1) is 0 Å². The van der Waals surface area contributed by atoms with Gasteiger partial charge in [0.05, 0.1) is 22.2 Å². The van der Waals surface area contributed by atoms with E-state index in [1.165, 1.54) is 12.4 Å². The number of carbonyl (C=O) groups is 1. The number of ether oxygens (including phenoxy) is 2. The SMILES string of the molecule is CCOC(=O)N1CCN(c2ccc(-c3n[nH]c4ccc(O[C@H](N)c5c(Cl)cncc5Cl)cc34)cn2)CC1. The summed E-state index contributed by atoms with van der Waals surface area (Å²) >= 11 is 12.4. The van der Waals surface area contributed by atoms with Crippen molar-refractivity contribution in [3.8, 4) is 17.0 Å². The van der Waals surface area contributed by atoms with E-state index in [0.717, 1.165) is 28.0 Å². The van der Waals surface area contributed by atoms with Crippen molar-refractivity contribution in [2.24, 2.45) is 5.73 Å². The van der Waals surface area contributed by atoms with E-state index in [9.17, 15) is 4.79 Å². The summed E-state index contributed by atoms with van der Waals surface area (Å²) in [4.78, 5) is 24.4. The van der Waals surface area contributed by atoms with Crippen LogP contribution in [0.3, 0.4) is 0 Å². The highest BCUT2D eigenvalue weighted by atomic mass is 35.5. The summed E-state index contributed by atoms with van der Waals surface area (Å²) in [5, 5.41) is 9.05. The minimum atomic E-state index is -0.874. The standard InChI is InChI=1S/C25H25Cl2N7O3/c1-2-36-25(35)34-9-7-33(8-10-34)21-6-3-15(12-30-21)23-17-11-16(4-5-20(17)31-32-23)37-24(28)22-18(26)13-29-14-19(22)27/h3-6,11-14,24H,2,7-10,28H2,1H3,(H,31,32)/t24-/m0/s1. The minimum Gasteiger partial charge on any atom is -0.471 e. The molecule has 1 aliphatic heterocycles. The van der Waals surface area contributed by atoms with Gasteiger partial charge in [0.25, 0.3) is 0 Å². The van der Waals surface area contributed by atoms with Gasteiger partial charge in [0.1, 0.15) is 17.3 Å². The number of rotatable bonds is 6. The molecule has 5 rings (SSSR count). The number of nitrogens with two attached hydrogens (primary N) is 1. The van der Waals surface area contributed by atoms with Gasteiger partial charge >= 0.3 is 6.09 Å². The van der Waals surface area contributed by atoms with Crippen molar-refractivity contribution in [3.63, 3.8) is 0 Å². The average molecular weight is 542 g/mol. The van der Waals surface area contributed by atoms with Gasteiger partial charge < -0.3 is 19.3 Å². The lowest BCUT2D eigenvalue weighted by atomic mass is 10.1. The molecular weight excluding hydrogens is 517 g/mol. The summed E-state index contributed by atoms with van der Waals surface area (Å²) in [5.74, 6) is 1.38. The number of benzene rings is 1. The maximum atomic E-state index is 11.9. The fourth-order valence-corrected chi connectivity index (χ4v) is 4.81. The Kier molecular flexibility index (Phi) is 7.31. The van der Waals surface area contributed by atoms with Gasteiger partial charge in [-0.25, -0.2) is 9.78 Å². The summed E-state index contributed by atoms with van der Waals surface area (Å²) < 4.78 is 11.0. The van der Waals surface area contributed by atoms with E-state index in [4.69, 9.17) is 38.4 Å². The molecule has 1 aromatic carbocycles. The minimum absolute atomic E-state index is 0.271. The number of H-pyrrole nitrogens is 1. The molecule has 10 nitrogen and oxygen atoms in total. The fraction of sp³-hybridized carbons (Fsp3) is 0.280. The highest BCUT2D eigenvalue weighted by molar-refractivity contribution is 6.35. The van der Waals surface area contributed by atoms with Crippen LogP contribution in [0.1, 0.15) is 18.7 Å². The second-order valence-electron chi connectivity index (χ2n) is 8.41. The molecule has 0 bridgehead atoms. The summed E-state index contributed by atoms with van der Waals surface area (Å²) in [5.41, 5.74) is 9.13. The molecule has 0 unspecified atom stereocenters. The molecule has 1 fully saturated rings. The molecule has 3 N–H and O–H groups in total. The number of hydrogen-bond donors (Lipinski definition) is 2. The smallest absolute Gasteiger partial charge is 0.409 e. The topological polar surface area (TPSA) is 122 Å². The lowest BCUT2D eigenvalue weighted by molar-refractivity contribution is 0.105. The summed E-state index contributed by atoms with van der Waals surface area (Å²) in [7, 11) is 0. The number of piperazine rings is 1. The number of halogens is 2. The van der Waals surface area contributed by atoms with Gasteiger partial charge in [-0.1, -0.05) is 23.2 Å². The Morgan fingerprint density at radius 3 is 2.54 bits per heavy atom. The number of aromatic amines is 1. The van der Waals surface area contributed by atoms with Gasteiger partial charge in [0.2, 0.25) is 0 Å². The number of pyridine rings is 2. The molecule has 3 aromatic heterocycles. The van der Waals surface area contributed by atoms with E-state index >= 15 is 0 Å². The highest BCUT2D eigenvalue weighted by Gasteiger charge is 2.23. The molecule has 1 aliphatic rings. The molecule has 12 heteroatoms. The van der Waals surface area contributed by atoms with Crippen molar-refractivity contribution < 1.29 is 14.3 Å². The van der Waals surface area contributed by atoms with Crippen LogP contribution in [-0.4, -0.2) is 63.9 Å². The zero-order valence-electron chi connectivity index (χ0n) is 20.0. The largest absolute Gasteiger partial charge is 0.471 e.